The van der Waals surface area contributed by atoms with E-state index in [4.69, 9.17) is 0 Å². The molecule has 2 aliphatic carbocycles. The Hall–Kier alpha value is -2.43. The van der Waals surface area contributed by atoms with Crippen LogP contribution in [0.3, 0.4) is 0 Å². The van der Waals surface area contributed by atoms with E-state index in [-0.39, 0.29) is 5.91 Å². The summed E-state index contributed by atoms with van der Waals surface area (Å²) in [6.45, 7) is 1.92. The summed E-state index contributed by atoms with van der Waals surface area (Å²) in [5.41, 5.74) is 2.06. The predicted molar refractivity (Wildman–Crippen MR) is 88.3 cm³/mol. The summed E-state index contributed by atoms with van der Waals surface area (Å²) < 4.78 is 1.88. The van der Waals surface area contributed by atoms with Crippen LogP contribution < -0.4 is 5.32 Å². The van der Waals surface area contributed by atoms with Crippen LogP contribution in [0.2, 0.25) is 0 Å². The van der Waals surface area contributed by atoms with Crippen molar-refractivity contribution in [3.8, 4) is 5.82 Å². The molecule has 0 atom stereocenters. The van der Waals surface area contributed by atoms with Gasteiger partial charge < -0.3 is 5.32 Å². The van der Waals surface area contributed by atoms with Crippen molar-refractivity contribution in [2.45, 2.75) is 32.6 Å². The van der Waals surface area contributed by atoms with Gasteiger partial charge >= 0.3 is 0 Å². The molecule has 0 aliphatic heterocycles. The molecule has 4 rings (SSSR count). The van der Waals surface area contributed by atoms with Gasteiger partial charge in [-0.05, 0) is 56.6 Å². The quantitative estimate of drug-likeness (QED) is 0.862. The Morgan fingerprint density at radius 1 is 1.22 bits per heavy atom. The van der Waals surface area contributed by atoms with Crippen LogP contribution in [0.5, 0.6) is 0 Å². The molecule has 0 unspecified atom stereocenters. The number of anilines is 1. The molecule has 0 aromatic carbocycles. The van der Waals surface area contributed by atoms with E-state index >= 15 is 0 Å². The number of nitrogens with zero attached hydrogens (tertiary/aromatic N) is 3. The summed E-state index contributed by atoms with van der Waals surface area (Å²) in [5.74, 6) is 2.79. The first-order valence-electron chi connectivity index (χ1n) is 8.20. The lowest BCUT2D eigenvalue weighted by Gasteiger charge is -2.11. The maximum atomic E-state index is 12.5. The number of aryl methyl sites for hydroxylation is 1. The molecular formula is C18H20N4O. The number of nitrogens with one attached hydrogen (secondary N) is 1. The molecule has 1 N–H and O–H groups in total. The zero-order chi connectivity index (χ0) is 15.8. The smallest absolute Gasteiger partial charge is 0.248 e. The Balaban J connectivity index is 1.58. The average molecular weight is 308 g/mol. The van der Waals surface area contributed by atoms with Gasteiger partial charge in [-0.25, -0.2) is 9.97 Å². The number of allylic oxidation sites excluding steroid dienone is 1. The molecular weight excluding hydrogens is 288 g/mol. The molecule has 1 amide bonds. The van der Waals surface area contributed by atoms with Gasteiger partial charge in [-0.3, -0.25) is 9.36 Å². The highest BCUT2D eigenvalue weighted by molar-refractivity contribution is 6.01. The molecule has 5 nitrogen and oxygen atoms in total. The van der Waals surface area contributed by atoms with Gasteiger partial charge in [0.05, 0.1) is 5.69 Å². The first kappa shape index (κ1) is 14.2. The molecule has 5 heteroatoms. The topological polar surface area (TPSA) is 59.8 Å². The van der Waals surface area contributed by atoms with Crippen molar-refractivity contribution in [1.29, 1.82) is 0 Å². The molecule has 2 aliphatic rings. The third-order valence-corrected chi connectivity index (χ3v) is 4.49. The summed E-state index contributed by atoms with van der Waals surface area (Å²) in [7, 11) is 0. The zero-order valence-corrected chi connectivity index (χ0v) is 13.2. The maximum Gasteiger partial charge on any atom is 0.248 e. The van der Waals surface area contributed by atoms with Gasteiger partial charge in [-0.1, -0.05) is 5.57 Å². The number of carbonyl (C=O) groups is 1. The highest BCUT2D eigenvalue weighted by atomic mass is 16.1. The van der Waals surface area contributed by atoms with E-state index in [2.05, 4.69) is 15.3 Å². The number of pyridine rings is 1. The molecule has 0 saturated heterocycles. The number of amides is 1. The lowest BCUT2D eigenvalue weighted by Crippen LogP contribution is -2.13. The predicted octanol–water partition coefficient (Wildman–Crippen LogP) is 3.26. The number of hydrogen-bond donors (Lipinski definition) is 1. The average Bonchev–Trinajstić information content (AvgIpc) is 3.45. The van der Waals surface area contributed by atoms with E-state index < -0.39 is 0 Å². The fraction of sp³-hybridized carbons (Fsp3) is 0.389. The Morgan fingerprint density at radius 3 is 2.57 bits per heavy atom. The van der Waals surface area contributed by atoms with Crippen LogP contribution >= 0.6 is 0 Å². The normalized spacial score (nSPS) is 16.9. The monoisotopic (exact) mass is 308 g/mol. The molecule has 0 spiro atoms. The number of carbonyl (C=O) groups excluding carboxylic acids is 1. The first-order valence-corrected chi connectivity index (χ1v) is 8.20. The summed E-state index contributed by atoms with van der Waals surface area (Å²) in [6.07, 6.45) is 12.1. The SMILES string of the molecule is Cc1nccn1-c1ncccc1NC(=O)C=C(C1CC1)C1CC1. The van der Waals surface area contributed by atoms with Crippen LogP contribution in [0.1, 0.15) is 31.5 Å². The van der Waals surface area contributed by atoms with Crippen LogP contribution in [0.25, 0.3) is 5.82 Å². The van der Waals surface area contributed by atoms with Gasteiger partial charge in [0, 0.05) is 24.7 Å². The van der Waals surface area contributed by atoms with Crippen molar-refractivity contribution in [2.75, 3.05) is 5.32 Å². The minimum absolute atomic E-state index is 0.0502. The van der Waals surface area contributed by atoms with Crippen LogP contribution in [0, 0.1) is 18.8 Å². The van der Waals surface area contributed by atoms with Gasteiger partial charge in [0.25, 0.3) is 0 Å². The van der Waals surface area contributed by atoms with Crippen LogP contribution in [0.4, 0.5) is 5.69 Å². The maximum absolute atomic E-state index is 12.5. The third-order valence-electron chi connectivity index (χ3n) is 4.49. The summed E-state index contributed by atoms with van der Waals surface area (Å²) in [6, 6.07) is 3.71. The molecule has 2 heterocycles. The van der Waals surface area contributed by atoms with E-state index in [0.717, 1.165) is 5.82 Å². The lowest BCUT2D eigenvalue weighted by atomic mass is 10.1. The second kappa shape index (κ2) is 5.65. The van der Waals surface area contributed by atoms with Crippen molar-refractivity contribution in [3.05, 3.63) is 48.2 Å². The zero-order valence-electron chi connectivity index (χ0n) is 13.2. The first-order chi connectivity index (χ1) is 11.2. The van der Waals surface area contributed by atoms with Gasteiger partial charge in [0.2, 0.25) is 5.91 Å². The summed E-state index contributed by atoms with van der Waals surface area (Å²) in [4.78, 5) is 21.1. The van der Waals surface area contributed by atoms with Crippen LogP contribution in [-0.2, 0) is 4.79 Å². The highest BCUT2D eigenvalue weighted by Gasteiger charge is 2.36. The minimum atomic E-state index is -0.0502. The minimum Gasteiger partial charge on any atom is -0.319 e. The molecule has 0 radical (unpaired) electrons. The second-order valence-electron chi connectivity index (χ2n) is 6.40. The molecule has 2 fully saturated rings. The molecule has 2 aromatic heterocycles. The second-order valence-corrected chi connectivity index (χ2v) is 6.40. The molecule has 2 aromatic rings. The number of rotatable bonds is 5. The Bertz CT molecular complexity index is 755. The van der Waals surface area contributed by atoms with Crippen molar-refractivity contribution < 1.29 is 4.79 Å². The highest BCUT2D eigenvalue weighted by Crippen LogP contribution is 2.48. The van der Waals surface area contributed by atoms with Crippen LogP contribution in [-0.4, -0.2) is 20.4 Å². The van der Waals surface area contributed by atoms with E-state index in [1.165, 1.54) is 31.3 Å². The summed E-state index contributed by atoms with van der Waals surface area (Å²) >= 11 is 0. The van der Waals surface area contributed by atoms with Crippen LogP contribution in [0.15, 0.2) is 42.4 Å². The van der Waals surface area contributed by atoms with E-state index in [1.807, 2.05) is 35.9 Å². The van der Waals surface area contributed by atoms with Crippen molar-refractivity contribution in [1.82, 2.24) is 14.5 Å². The van der Waals surface area contributed by atoms with Crippen molar-refractivity contribution >= 4 is 11.6 Å². The molecule has 0 bridgehead atoms. The van der Waals surface area contributed by atoms with E-state index in [9.17, 15) is 4.79 Å². The Labute approximate surface area is 135 Å². The number of aromatic nitrogens is 3. The fourth-order valence-electron chi connectivity index (χ4n) is 3.01. The fourth-order valence-corrected chi connectivity index (χ4v) is 3.01. The number of imidazole rings is 1. The van der Waals surface area contributed by atoms with Crippen molar-refractivity contribution in [3.63, 3.8) is 0 Å². The largest absolute Gasteiger partial charge is 0.319 e. The standard InChI is InChI=1S/C18H20N4O/c1-12-19-9-10-22(12)18-16(3-2-8-20-18)21-17(23)11-15(13-4-5-13)14-6-7-14/h2-3,8-11,13-14H,4-7H2,1H3,(H,21,23). The molecule has 2 saturated carbocycles. The number of hydrogen-bond acceptors (Lipinski definition) is 3. The van der Waals surface area contributed by atoms with Gasteiger partial charge in [-0.2, -0.15) is 0 Å². The lowest BCUT2D eigenvalue weighted by molar-refractivity contribution is -0.112. The molecule has 118 valence electrons. The molecule has 23 heavy (non-hydrogen) atoms. The third kappa shape index (κ3) is 3.04. The van der Waals surface area contributed by atoms with Gasteiger partial charge in [0.1, 0.15) is 5.82 Å². The summed E-state index contributed by atoms with van der Waals surface area (Å²) in [5, 5.41) is 3.00. The van der Waals surface area contributed by atoms with E-state index in [0.29, 0.717) is 23.3 Å². The van der Waals surface area contributed by atoms with Gasteiger partial charge in [-0.15, -0.1) is 0 Å². The Kier molecular flexibility index (Phi) is 3.48. The Morgan fingerprint density at radius 2 is 1.96 bits per heavy atom. The van der Waals surface area contributed by atoms with Crippen molar-refractivity contribution in [2.24, 2.45) is 11.8 Å². The van der Waals surface area contributed by atoms with Gasteiger partial charge in [0.15, 0.2) is 5.82 Å². The van der Waals surface area contributed by atoms with E-state index in [1.54, 1.807) is 12.4 Å².